The van der Waals surface area contributed by atoms with Crippen molar-refractivity contribution in [3.8, 4) is 0 Å². The molecule has 2 amide bonds. The number of urea groups is 1. The van der Waals surface area contributed by atoms with Gasteiger partial charge < -0.3 is 20.3 Å². The lowest BCUT2D eigenvalue weighted by Gasteiger charge is -2.28. The predicted molar refractivity (Wildman–Crippen MR) is 93.1 cm³/mol. The van der Waals surface area contributed by atoms with Crippen LogP contribution in [0.2, 0.25) is 0 Å². The SMILES string of the molecule is O=C(NCC1CCOCC1)Nc1ccc(N2CCCCC2)cc1. The molecule has 1 aromatic carbocycles. The average Bonchev–Trinajstić information content (AvgIpc) is 2.62. The molecule has 23 heavy (non-hydrogen) atoms. The lowest BCUT2D eigenvalue weighted by atomic mass is 10.0. The Morgan fingerprint density at radius 1 is 1.09 bits per heavy atom. The second-order valence-electron chi connectivity index (χ2n) is 6.49. The number of carbonyl (C=O) groups excluding carboxylic acids is 1. The van der Waals surface area contributed by atoms with Crippen LogP contribution >= 0.6 is 0 Å². The topological polar surface area (TPSA) is 53.6 Å². The number of nitrogens with one attached hydrogen (secondary N) is 2. The van der Waals surface area contributed by atoms with Gasteiger partial charge in [-0.2, -0.15) is 0 Å². The highest BCUT2D eigenvalue weighted by atomic mass is 16.5. The van der Waals surface area contributed by atoms with Crippen LogP contribution in [0.25, 0.3) is 0 Å². The van der Waals surface area contributed by atoms with E-state index in [9.17, 15) is 4.79 Å². The highest BCUT2D eigenvalue weighted by Crippen LogP contribution is 2.21. The van der Waals surface area contributed by atoms with Gasteiger partial charge in [0.1, 0.15) is 0 Å². The average molecular weight is 317 g/mol. The fraction of sp³-hybridized carbons (Fsp3) is 0.611. The summed E-state index contributed by atoms with van der Waals surface area (Å²) in [5, 5.41) is 5.87. The highest BCUT2D eigenvalue weighted by Gasteiger charge is 2.15. The minimum Gasteiger partial charge on any atom is -0.381 e. The number of hydrogen-bond acceptors (Lipinski definition) is 3. The predicted octanol–water partition coefficient (Wildman–Crippen LogP) is 3.23. The van der Waals surface area contributed by atoms with Gasteiger partial charge in [-0.1, -0.05) is 0 Å². The first-order valence-corrected chi connectivity index (χ1v) is 8.79. The van der Waals surface area contributed by atoms with Gasteiger partial charge in [-0.3, -0.25) is 0 Å². The van der Waals surface area contributed by atoms with E-state index in [1.807, 2.05) is 12.1 Å². The van der Waals surface area contributed by atoms with Crippen molar-refractivity contribution in [2.24, 2.45) is 5.92 Å². The number of amides is 2. The molecule has 0 radical (unpaired) electrons. The molecule has 2 N–H and O–H groups in total. The molecule has 2 fully saturated rings. The Kier molecular flexibility index (Phi) is 5.75. The number of nitrogens with zero attached hydrogens (tertiary/aromatic N) is 1. The molecule has 0 aromatic heterocycles. The quantitative estimate of drug-likeness (QED) is 0.896. The van der Waals surface area contributed by atoms with E-state index >= 15 is 0 Å². The second kappa shape index (κ2) is 8.20. The van der Waals surface area contributed by atoms with E-state index in [2.05, 4.69) is 27.7 Å². The molecular formula is C18H27N3O2. The van der Waals surface area contributed by atoms with E-state index in [1.165, 1.54) is 24.9 Å². The van der Waals surface area contributed by atoms with Crippen molar-refractivity contribution in [3.63, 3.8) is 0 Å². The summed E-state index contributed by atoms with van der Waals surface area (Å²) in [5.41, 5.74) is 2.09. The Balaban J connectivity index is 1.44. The Morgan fingerprint density at radius 3 is 2.48 bits per heavy atom. The van der Waals surface area contributed by atoms with Gasteiger partial charge in [-0.15, -0.1) is 0 Å². The maximum atomic E-state index is 12.0. The Labute approximate surface area is 138 Å². The normalized spacial score (nSPS) is 19.4. The Morgan fingerprint density at radius 2 is 1.78 bits per heavy atom. The molecule has 2 aliphatic rings. The molecule has 5 heteroatoms. The number of rotatable bonds is 4. The third-order valence-corrected chi connectivity index (χ3v) is 4.74. The van der Waals surface area contributed by atoms with Gasteiger partial charge in [0.25, 0.3) is 0 Å². The van der Waals surface area contributed by atoms with Crippen LogP contribution in [0.15, 0.2) is 24.3 Å². The monoisotopic (exact) mass is 317 g/mol. The summed E-state index contributed by atoms with van der Waals surface area (Å²) in [7, 11) is 0. The van der Waals surface area contributed by atoms with Gasteiger partial charge >= 0.3 is 6.03 Å². The van der Waals surface area contributed by atoms with Crippen LogP contribution in [-0.4, -0.2) is 38.9 Å². The van der Waals surface area contributed by atoms with Crippen molar-refractivity contribution in [2.45, 2.75) is 32.1 Å². The third kappa shape index (κ3) is 4.86. The van der Waals surface area contributed by atoms with Crippen LogP contribution in [0.3, 0.4) is 0 Å². The molecule has 0 atom stereocenters. The number of ether oxygens (including phenoxy) is 1. The van der Waals surface area contributed by atoms with Crippen molar-refractivity contribution in [1.82, 2.24) is 5.32 Å². The standard InChI is InChI=1S/C18H27N3O2/c22-18(19-14-15-8-12-23-13-9-15)20-16-4-6-17(7-5-16)21-10-2-1-3-11-21/h4-7,15H,1-3,8-14H2,(H2,19,20,22). The van der Waals surface area contributed by atoms with E-state index < -0.39 is 0 Å². The van der Waals surface area contributed by atoms with Gasteiger partial charge in [-0.25, -0.2) is 4.79 Å². The molecule has 0 spiro atoms. The number of piperidine rings is 1. The molecular weight excluding hydrogens is 290 g/mol. The Hall–Kier alpha value is -1.75. The van der Waals surface area contributed by atoms with E-state index in [-0.39, 0.29) is 6.03 Å². The van der Waals surface area contributed by atoms with Crippen LogP contribution in [0.4, 0.5) is 16.2 Å². The summed E-state index contributed by atoms with van der Waals surface area (Å²) in [5.74, 6) is 0.538. The smallest absolute Gasteiger partial charge is 0.319 e. The van der Waals surface area contributed by atoms with E-state index in [4.69, 9.17) is 4.74 Å². The molecule has 0 bridgehead atoms. The molecule has 5 nitrogen and oxygen atoms in total. The number of benzene rings is 1. The summed E-state index contributed by atoms with van der Waals surface area (Å²) >= 11 is 0. The summed E-state index contributed by atoms with van der Waals surface area (Å²) in [6.45, 7) is 4.62. The van der Waals surface area contributed by atoms with E-state index in [1.54, 1.807) is 0 Å². The zero-order valence-corrected chi connectivity index (χ0v) is 13.7. The van der Waals surface area contributed by atoms with Gasteiger partial charge in [0, 0.05) is 44.2 Å². The number of hydrogen-bond donors (Lipinski definition) is 2. The fourth-order valence-electron chi connectivity index (χ4n) is 3.27. The molecule has 2 heterocycles. The molecule has 0 unspecified atom stereocenters. The van der Waals surface area contributed by atoms with Crippen LogP contribution in [-0.2, 0) is 4.74 Å². The maximum Gasteiger partial charge on any atom is 0.319 e. The van der Waals surface area contributed by atoms with Crippen LogP contribution in [0.1, 0.15) is 32.1 Å². The minimum absolute atomic E-state index is 0.123. The molecule has 0 saturated carbocycles. The zero-order chi connectivity index (χ0) is 15.9. The first-order valence-electron chi connectivity index (χ1n) is 8.79. The first-order chi connectivity index (χ1) is 11.3. The van der Waals surface area contributed by atoms with Crippen molar-refractivity contribution in [1.29, 1.82) is 0 Å². The second-order valence-corrected chi connectivity index (χ2v) is 6.49. The number of carbonyl (C=O) groups is 1. The lowest BCUT2D eigenvalue weighted by molar-refractivity contribution is 0.0671. The number of anilines is 2. The van der Waals surface area contributed by atoms with Gasteiger partial charge in [0.2, 0.25) is 0 Å². The lowest BCUT2D eigenvalue weighted by Crippen LogP contribution is -2.35. The van der Waals surface area contributed by atoms with Crippen LogP contribution < -0.4 is 15.5 Å². The van der Waals surface area contributed by atoms with Gasteiger partial charge in [0.05, 0.1) is 0 Å². The molecule has 0 aliphatic carbocycles. The van der Waals surface area contributed by atoms with Gasteiger partial charge in [0.15, 0.2) is 0 Å². The highest BCUT2D eigenvalue weighted by molar-refractivity contribution is 5.89. The van der Waals surface area contributed by atoms with Gasteiger partial charge in [-0.05, 0) is 62.3 Å². The van der Waals surface area contributed by atoms with E-state index in [0.717, 1.165) is 51.4 Å². The van der Waals surface area contributed by atoms with Crippen molar-refractivity contribution >= 4 is 17.4 Å². The van der Waals surface area contributed by atoms with Crippen LogP contribution in [0.5, 0.6) is 0 Å². The first kappa shape index (κ1) is 16.1. The molecule has 1 aromatic rings. The van der Waals surface area contributed by atoms with Crippen molar-refractivity contribution < 1.29 is 9.53 Å². The molecule has 2 saturated heterocycles. The summed E-state index contributed by atoms with van der Waals surface area (Å²) in [4.78, 5) is 14.4. The molecule has 126 valence electrons. The summed E-state index contributed by atoms with van der Waals surface area (Å²) in [6.07, 6.45) is 5.95. The fourth-order valence-corrected chi connectivity index (χ4v) is 3.27. The summed E-state index contributed by atoms with van der Waals surface area (Å²) in [6, 6.07) is 8.04. The molecule has 3 rings (SSSR count). The Bertz CT molecular complexity index is 491. The van der Waals surface area contributed by atoms with Crippen molar-refractivity contribution in [2.75, 3.05) is 43.1 Å². The summed E-state index contributed by atoms with van der Waals surface area (Å²) < 4.78 is 5.33. The van der Waals surface area contributed by atoms with Crippen LogP contribution in [0, 0.1) is 5.92 Å². The molecule has 2 aliphatic heterocycles. The van der Waals surface area contributed by atoms with Crippen molar-refractivity contribution in [3.05, 3.63) is 24.3 Å². The largest absolute Gasteiger partial charge is 0.381 e. The zero-order valence-electron chi connectivity index (χ0n) is 13.7. The van der Waals surface area contributed by atoms with E-state index in [0.29, 0.717) is 5.92 Å². The minimum atomic E-state index is -0.123. The maximum absolute atomic E-state index is 12.0. The third-order valence-electron chi connectivity index (χ3n) is 4.74.